The molecule has 0 radical (unpaired) electrons. The van der Waals surface area contributed by atoms with Gasteiger partial charge in [0.1, 0.15) is 11.6 Å². The van der Waals surface area contributed by atoms with Gasteiger partial charge in [0.05, 0.1) is 4.90 Å². The highest BCUT2D eigenvalue weighted by atomic mass is 32.2. The highest BCUT2D eigenvalue weighted by molar-refractivity contribution is 7.90. The fraction of sp³-hybridized carbons (Fsp3) is 0.438. The summed E-state index contributed by atoms with van der Waals surface area (Å²) in [5.74, 6) is -0.199. The standard InChI is InChI=1S/C16H17F3N6O2S/c1-28(26,27)11-5-6-13(21-10-11)25-15(23-24-7-3-2-4-8-24)12(9-20)14(22-25)16(17,18)19/h5-6,10,23H,2-4,7-8H2,1H3. The third kappa shape index (κ3) is 4.10. The number of anilines is 1. The van der Waals surface area contributed by atoms with Gasteiger partial charge in [0.15, 0.2) is 27.2 Å². The number of hydrogen-bond acceptors (Lipinski definition) is 7. The number of piperidine rings is 1. The molecule has 0 bridgehead atoms. The predicted molar refractivity (Wildman–Crippen MR) is 93.2 cm³/mol. The molecule has 1 aliphatic heterocycles. The Hall–Kier alpha value is -2.65. The molecule has 1 aliphatic rings. The summed E-state index contributed by atoms with van der Waals surface area (Å²) in [6.45, 7) is 1.22. The lowest BCUT2D eigenvalue weighted by molar-refractivity contribution is -0.141. The summed E-state index contributed by atoms with van der Waals surface area (Å²) in [5.41, 5.74) is 0.882. The number of pyridine rings is 1. The Bertz CT molecular complexity index is 1000. The molecule has 0 atom stereocenters. The van der Waals surface area contributed by atoms with Crippen LogP contribution in [0.15, 0.2) is 23.2 Å². The minimum Gasteiger partial charge on any atom is -0.302 e. The van der Waals surface area contributed by atoms with E-state index in [9.17, 15) is 26.9 Å². The van der Waals surface area contributed by atoms with E-state index < -0.39 is 27.3 Å². The topological polar surface area (TPSA) is 104 Å². The molecule has 0 saturated carbocycles. The molecule has 28 heavy (non-hydrogen) atoms. The van der Waals surface area contributed by atoms with Crippen molar-refractivity contribution in [1.29, 1.82) is 5.26 Å². The molecular formula is C16H17F3N6O2S. The molecular weight excluding hydrogens is 397 g/mol. The molecule has 8 nitrogen and oxygen atoms in total. The number of aromatic nitrogens is 3. The zero-order valence-electron chi connectivity index (χ0n) is 14.9. The summed E-state index contributed by atoms with van der Waals surface area (Å²) in [4.78, 5) is 3.85. The Labute approximate surface area is 159 Å². The SMILES string of the molecule is CS(=O)(=O)c1ccc(-n2nc(C(F)(F)F)c(C#N)c2NN2CCCCC2)nc1. The van der Waals surface area contributed by atoms with Gasteiger partial charge >= 0.3 is 6.18 Å². The maximum Gasteiger partial charge on any atom is 0.436 e. The van der Waals surface area contributed by atoms with E-state index in [0.29, 0.717) is 13.1 Å². The number of hydrazine groups is 1. The van der Waals surface area contributed by atoms with Crippen molar-refractivity contribution in [3.8, 4) is 11.9 Å². The first kappa shape index (κ1) is 20.1. The number of alkyl halides is 3. The van der Waals surface area contributed by atoms with Crippen LogP contribution in [0.2, 0.25) is 0 Å². The summed E-state index contributed by atoms with van der Waals surface area (Å²) >= 11 is 0. The third-order valence-corrected chi connectivity index (χ3v) is 5.35. The zero-order valence-corrected chi connectivity index (χ0v) is 15.7. The minimum atomic E-state index is -4.83. The van der Waals surface area contributed by atoms with Crippen LogP contribution in [0.3, 0.4) is 0 Å². The van der Waals surface area contributed by atoms with Crippen molar-refractivity contribution < 1.29 is 21.6 Å². The van der Waals surface area contributed by atoms with Gasteiger partial charge in [-0.3, -0.25) is 0 Å². The zero-order chi connectivity index (χ0) is 20.5. The monoisotopic (exact) mass is 414 g/mol. The van der Waals surface area contributed by atoms with Crippen molar-refractivity contribution in [2.75, 3.05) is 24.8 Å². The first-order chi connectivity index (χ1) is 13.1. The van der Waals surface area contributed by atoms with Gasteiger partial charge in [-0.15, -0.1) is 0 Å². The molecule has 150 valence electrons. The van der Waals surface area contributed by atoms with Gasteiger partial charge < -0.3 is 5.43 Å². The van der Waals surface area contributed by atoms with E-state index in [-0.39, 0.29) is 16.5 Å². The number of nitrogens with one attached hydrogen (secondary N) is 1. The lowest BCUT2D eigenvalue weighted by atomic mass is 10.2. The van der Waals surface area contributed by atoms with Gasteiger partial charge in [0, 0.05) is 25.5 Å². The molecule has 0 aliphatic carbocycles. The van der Waals surface area contributed by atoms with E-state index in [0.717, 1.165) is 36.4 Å². The molecule has 12 heteroatoms. The van der Waals surface area contributed by atoms with Gasteiger partial charge in [-0.2, -0.15) is 28.2 Å². The third-order valence-electron chi connectivity index (χ3n) is 4.25. The first-order valence-electron chi connectivity index (χ1n) is 8.39. The van der Waals surface area contributed by atoms with Crippen LogP contribution in [0.5, 0.6) is 0 Å². The molecule has 2 aromatic heterocycles. The van der Waals surface area contributed by atoms with Crippen LogP contribution >= 0.6 is 0 Å². The average molecular weight is 414 g/mol. The number of halogens is 3. The average Bonchev–Trinajstić information content (AvgIpc) is 3.00. The second-order valence-corrected chi connectivity index (χ2v) is 8.39. The normalized spacial score (nSPS) is 16.0. The van der Waals surface area contributed by atoms with Gasteiger partial charge in [-0.25, -0.2) is 18.4 Å². The van der Waals surface area contributed by atoms with E-state index in [1.54, 1.807) is 11.1 Å². The quantitative estimate of drug-likeness (QED) is 0.819. The van der Waals surface area contributed by atoms with Crippen LogP contribution in [-0.4, -0.2) is 47.5 Å². The number of sulfone groups is 1. The fourth-order valence-corrected chi connectivity index (χ4v) is 3.42. The molecule has 1 N–H and O–H groups in total. The molecule has 0 aromatic carbocycles. The highest BCUT2D eigenvalue weighted by Gasteiger charge is 2.40. The lowest BCUT2D eigenvalue weighted by Gasteiger charge is -2.28. The second-order valence-electron chi connectivity index (χ2n) is 6.38. The number of hydrogen-bond donors (Lipinski definition) is 1. The van der Waals surface area contributed by atoms with E-state index in [1.165, 1.54) is 12.1 Å². The van der Waals surface area contributed by atoms with Gasteiger partial charge in [0.25, 0.3) is 0 Å². The number of nitrogens with zero attached hydrogens (tertiary/aromatic N) is 5. The predicted octanol–water partition coefficient (Wildman–Crippen LogP) is 2.37. The molecule has 0 amide bonds. The lowest BCUT2D eigenvalue weighted by Crippen LogP contribution is -2.36. The fourth-order valence-electron chi connectivity index (χ4n) is 2.86. The van der Waals surface area contributed by atoms with Crippen molar-refractivity contribution in [2.45, 2.75) is 30.3 Å². The highest BCUT2D eigenvalue weighted by Crippen LogP contribution is 2.35. The molecule has 1 saturated heterocycles. The number of rotatable bonds is 4. The van der Waals surface area contributed by atoms with Crippen LogP contribution in [0.25, 0.3) is 5.82 Å². The molecule has 2 aromatic rings. The summed E-state index contributed by atoms with van der Waals surface area (Å²) in [6.07, 6.45) is -0.0358. The van der Waals surface area contributed by atoms with Crippen LogP contribution in [0.1, 0.15) is 30.5 Å². The van der Waals surface area contributed by atoms with Crippen LogP contribution < -0.4 is 5.43 Å². The smallest absolute Gasteiger partial charge is 0.302 e. The van der Waals surface area contributed by atoms with Crippen molar-refractivity contribution in [1.82, 2.24) is 19.8 Å². The van der Waals surface area contributed by atoms with E-state index in [2.05, 4.69) is 15.5 Å². The largest absolute Gasteiger partial charge is 0.436 e. The molecule has 0 unspecified atom stereocenters. The molecule has 0 spiro atoms. The summed E-state index contributed by atoms with van der Waals surface area (Å²) in [6, 6.07) is 4.04. The summed E-state index contributed by atoms with van der Waals surface area (Å²) < 4.78 is 64.1. The van der Waals surface area contributed by atoms with Gasteiger partial charge in [-0.05, 0) is 25.0 Å². The van der Waals surface area contributed by atoms with Gasteiger partial charge in [0.2, 0.25) is 0 Å². The summed E-state index contributed by atoms with van der Waals surface area (Å²) in [5, 5.41) is 14.6. The molecule has 3 rings (SSSR count). The molecule has 1 fully saturated rings. The Kier molecular flexibility index (Phi) is 5.31. The summed E-state index contributed by atoms with van der Waals surface area (Å²) in [7, 11) is -3.51. The van der Waals surface area contributed by atoms with Crippen LogP contribution in [-0.2, 0) is 16.0 Å². The number of nitriles is 1. The first-order valence-corrected chi connectivity index (χ1v) is 10.3. The van der Waals surface area contributed by atoms with Crippen molar-refractivity contribution in [2.24, 2.45) is 0 Å². The van der Waals surface area contributed by atoms with Crippen molar-refractivity contribution in [3.63, 3.8) is 0 Å². The minimum absolute atomic E-state index is 0.0427. The maximum atomic E-state index is 13.4. The van der Waals surface area contributed by atoms with E-state index in [1.807, 2.05) is 0 Å². The van der Waals surface area contributed by atoms with Crippen molar-refractivity contribution >= 4 is 15.7 Å². The Morgan fingerprint density at radius 2 is 1.89 bits per heavy atom. The Morgan fingerprint density at radius 3 is 2.39 bits per heavy atom. The van der Waals surface area contributed by atoms with Crippen molar-refractivity contribution in [3.05, 3.63) is 29.6 Å². The van der Waals surface area contributed by atoms with E-state index in [4.69, 9.17) is 0 Å². The Morgan fingerprint density at radius 1 is 1.21 bits per heavy atom. The maximum absolute atomic E-state index is 13.4. The van der Waals surface area contributed by atoms with E-state index >= 15 is 0 Å². The Balaban J connectivity index is 2.10. The van der Waals surface area contributed by atoms with Gasteiger partial charge in [-0.1, -0.05) is 6.42 Å². The van der Waals surface area contributed by atoms with Crippen LogP contribution in [0, 0.1) is 11.3 Å². The van der Waals surface area contributed by atoms with Crippen LogP contribution in [0.4, 0.5) is 19.0 Å². The second kappa shape index (κ2) is 7.40. The molecule has 3 heterocycles.